The summed E-state index contributed by atoms with van der Waals surface area (Å²) in [6, 6.07) is 0. The third kappa shape index (κ3) is 2.51. The number of piperazine rings is 1. The Hall–Kier alpha value is -2.18. The van der Waals surface area contributed by atoms with Gasteiger partial charge in [-0.1, -0.05) is 0 Å². The molecule has 1 aromatic heterocycles. The Morgan fingerprint density at radius 3 is 2.18 bits per heavy atom. The van der Waals surface area contributed by atoms with Crippen LogP contribution in [-0.2, 0) is 19.7 Å². The summed E-state index contributed by atoms with van der Waals surface area (Å²) in [6.07, 6.45) is 5.03. The molecule has 1 saturated heterocycles. The summed E-state index contributed by atoms with van der Waals surface area (Å²) in [5.74, 6) is 0.538. The Morgan fingerprint density at radius 2 is 1.73 bits per heavy atom. The molecule has 2 heterocycles. The first-order valence-corrected chi connectivity index (χ1v) is 7.48. The van der Waals surface area contributed by atoms with Gasteiger partial charge in [-0.2, -0.15) is 0 Å². The smallest absolute Gasteiger partial charge is 0.316 e. The normalized spacial score (nSPS) is 19.7. The first-order valence-electron chi connectivity index (χ1n) is 7.48. The van der Waals surface area contributed by atoms with E-state index in [1.165, 1.54) is 7.11 Å². The van der Waals surface area contributed by atoms with Crippen molar-refractivity contribution in [2.45, 2.75) is 25.2 Å². The van der Waals surface area contributed by atoms with E-state index in [0.29, 0.717) is 19.0 Å². The number of ether oxygens (including phenoxy) is 1. The minimum atomic E-state index is -0.527. The van der Waals surface area contributed by atoms with Gasteiger partial charge in [0.1, 0.15) is 0 Å². The van der Waals surface area contributed by atoms with Gasteiger partial charge in [0.15, 0.2) is 0 Å². The molecule has 1 aliphatic heterocycles. The Bertz CT molecular complexity index is 575. The molecule has 0 spiro atoms. The van der Waals surface area contributed by atoms with Crippen molar-refractivity contribution in [2.24, 2.45) is 0 Å². The zero-order valence-corrected chi connectivity index (χ0v) is 12.9. The molecule has 1 amide bonds. The van der Waals surface area contributed by atoms with Crippen LogP contribution in [0.15, 0.2) is 12.4 Å². The summed E-state index contributed by atoms with van der Waals surface area (Å²) in [5, 5.41) is 0. The fourth-order valence-corrected chi connectivity index (χ4v) is 2.88. The SMILES string of the molecule is COC(=O)C1(c2cnc(N3CCN(C(C)=O)CC3)nc2)CC1. The molecule has 0 radical (unpaired) electrons. The van der Waals surface area contributed by atoms with Gasteiger partial charge in [-0.05, 0) is 12.8 Å². The van der Waals surface area contributed by atoms with Crippen LogP contribution in [0.1, 0.15) is 25.3 Å². The topological polar surface area (TPSA) is 75.6 Å². The maximum atomic E-state index is 11.9. The molecule has 118 valence electrons. The van der Waals surface area contributed by atoms with Gasteiger partial charge in [0.2, 0.25) is 11.9 Å². The molecule has 0 unspecified atom stereocenters. The molecule has 0 atom stereocenters. The number of carbonyl (C=O) groups excluding carboxylic acids is 2. The number of amides is 1. The Morgan fingerprint density at radius 1 is 1.14 bits per heavy atom. The van der Waals surface area contributed by atoms with Crippen molar-refractivity contribution in [3.63, 3.8) is 0 Å². The van der Waals surface area contributed by atoms with Crippen LogP contribution in [0.3, 0.4) is 0 Å². The molecule has 0 aromatic carbocycles. The lowest BCUT2D eigenvalue weighted by Crippen LogP contribution is -2.48. The molecule has 2 aliphatic rings. The van der Waals surface area contributed by atoms with Gasteiger partial charge >= 0.3 is 5.97 Å². The second kappa shape index (κ2) is 5.55. The van der Waals surface area contributed by atoms with E-state index >= 15 is 0 Å². The number of nitrogens with zero attached hydrogens (tertiary/aromatic N) is 4. The highest BCUT2D eigenvalue weighted by Gasteiger charge is 2.53. The van der Waals surface area contributed by atoms with E-state index in [1.54, 1.807) is 19.3 Å². The number of aromatic nitrogens is 2. The standard InChI is InChI=1S/C15H20N4O3/c1-11(20)18-5-7-19(8-6-18)14-16-9-12(10-17-14)15(3-4-15)13(21)22-2/h9-10H,3-8H2,1-2H3. The predicted molar refractivity (Wildman–Crippen MR) is 79.4 cm³/mol. The molecule has 1 aromatic rings. The van der Waals surface area contributed by atoms with Crippen LogP contribution in [0.5, 0.6) is 0 Å². The highest BCUT2D eigenvalue weighted by molar-refractivity contribution is 5.86. The number of methoxy groups -OCH3 is 1. The van der Waals surface area contributed by atoms with Gasteiger partial charge < -0.3 is 14.5 Å². The minimum Gasteiger partial charge on any atom is -0.468 e. The summed E-state index contributed by atoms with van der Waals surface area (Å²) in [5.41, 5.74) is 0.297. The average Bonchev–Trinajstić information content (AvgIpc) is 3.36. The van der Waals surface area contributed by atoms with Gasteiger partial charge in [0, 0.05) is 51.1 Å². The van der Waals surface area contributed by atoms with Gasteiger partial charge in [-0.25, -0.2) is 9.97 Å². The zero-order chi connectivity index (χ0) is 15.7. The van der Waals surface area contributed by atoms with Crippen molar-refractivity contribution in [3.8, 4) is 0 Å². The van der Waals surface area contributed by atoms with Gasteiger partial charge in [-0.15, -0.1) is 0 Å². The molecule has 7 nitrogen and oxygen atoms in total. The van der Waals surface area contributed by atoms with Crippen LogP contribution in [-0.4, -0.2) is 60.0 Å². The number of anilines is 1. The highest BCUT2D eigenvalue weighted by Crippen LogP contribution is 2.48. The molecule has 7 heteroatoms. The fourth-order valence-electron chi connectivity index (χ4n) is 2.88. The first-order chi connectivity index (χ1) is 10.6. The Balaban J connectivity index is 1.68. The van der Waals surface area contributed by atoms with E-state index in [9.17, 15) is 9.59 Å². The quantitative estimate of drug-likeness (QED) is 0.750. The highest BCUT2D eigenvalue weighted by atomic mass is 16.5. The number of esters is 1. The predicted octanol–water partition coefficient (Wildman–Crippen LogP) is 0.350. The zero-order valence-electron chi connectivity index (χ0n) is 12.9. The third-order valence-electron chi connectivity index (χ3n) is 4.52. The van der Waals surface area contributed by atoms with Crippen molar-refractivity contribution in [1.82, 2.24) is 14.9 Å². The molecule has 1 saturated carbocycles. The van der Waals surface area contributed by atoms with E-state index < -0.39 is 5.41 Å². The molecule has 0 bridgehead atoms. The van der Waals surface area contributed by atoms with Crippen LogP contribution in [0.2, 0.25) is 0 Å². The van der Waals surface area contributed by atoms with Crippen molar-refractivity contribution in [3.05, 3.63) is 18.0 Å². The number of rotatable bonds is 3. The number of carbonyl (C=O) groups is 2. The Kier molecular flexibility index (Phi) is 3.72. The lowest BCUT2D eigenvalue weighted by atomic mass is 10.00. The van der Waals surface area contributed by atoms with E-state index in [2.05, 4.69) is 14.9 Å². The number of hydrogen-bond donors (Lipinski definition) is 0. The molecular formula is C15H20N4O3. The molecule has 22 heavy (non-hydrogen) atoms. The molecule has 1 aliphatic carbocycles. The van der Waals surface area contributed by atoms with Crippen LogP contribution >= 0.6 is 0 Å². The van der Waals surface area contributed by atoms with Crippen LogP contribution in [0, 0.1) is 0 Å². The summed E-state index contributed by atoms with van der Waals surface area (Å²) in [6.45, 7) is 4.41. The molecular weight excluding hydrogens is 284 g/mol. The van der Waals surface area contributed by atoms with Crippen molar-refractivity contribution < 1.29 is 14.3 Å². The van der Waals surface area contributed by atoms with Crippen LogP contribution in [0.25, 0.3) is 0 Å². The lowest BCUT2D eigenvalue weighted by molar-refractivity contribution is -0.143. The van der Waals surface area contributed by atoms with E-state index in [1.807, 2.05) is 4.90 Å². The average molecular weight is 304 g/mol. The van der Waals surface area contributed by atoms with E-state index in [0.717, 1.165) is 31.5 Å². The van der Waals surface area contributed by atoms with Gasteiger partial charge in [0.05, 0.1) is 12.5 Å². The summed E-state index contributed by atoms with van der Waals surface area (Å²) < 4.78 is 4.87. The van der Waals surface area contributed by atoms with Gasteiger partial charge in [0.25, 0.3) is 0 Å². The van der Waals surface area contributed by atoms with Crippen LogP contribution < -0.4 is 4.90 Å². The second-order valence-corrected chi connectivity index (χ2v) is 5.84. The number of hydrogen-bond acceptors (Lipinski definition) is 6. The Labute approximate surface area is 129 Å². The van der Waals surface area contributed by atoms with E-state index in [4.69, 9.17) is 4.74 Å². The minimum absolute atomic E-state index is 0.102. The van der Waals surface area contributed by atoms with E-state index in [-0.39, 0.29) is 11.9 Å². The summed E-state index contributed by atoms with van der Waals surface area (Å²) in [7, 11) is 1.41. The maximum absolute atomic E-state index is 11.9. The monoisotopic (exact) mass is 304 g/mol. The van der Waals surface area contributed by atoms with Crippen molar-refractivity contribution in [2.75, 3.05) is 38.2 Å². The van der Waals surface area contributed by atoms with Crippen molar-refractivity contribution in [1.29, 1.82) is 0 Å². The molecule has 0 N–H and O–H groups in total. The lowest BCUT2D eigenvalue weighted by Gasteiger charge is -2.34. The second-order valence-electron chi connectivity index (χ2n) is 5.84. The third-order valence-corrected chi connectivity index (χ3v) is 4.52. The molecule has 3 rings (SSSR count). The molecule has 2 fully saturated rings. The van der Waals surface area contributed by atoms with Crippen LogP contribution in [0.4, 0.5) is 5.95 Å². The summed E-state index contributed by atoms with van der Waals surface area (Å²) in [4.78, 5) is 35.9. The fraction of sp³-hybridized carbons (Fsp3) is 0.600. The summed E-state index contributed by atoms with van der Waals surface area (Å²) >= 11 is 0. The van der Waals surface area contributed by atoms with Gasteiger partial charge in [-0.3, -0.25) is 9.59 Å². The maximum Gasteiger partial charge on any atom is 0.316 e. The van der Waals surface area contributed by atoms with Crippen molar-refractivity contribution >= 4 is 17.8 Å². The largest absolute Gasteiger partial charge is 0.468 e. The first kappa shape index (κ1) is 14.7.